The Labute approximate surface area is 151 Å². The van der Waals surface area contributed by atoms with E-state index in [4.69, 9.17) is 17.3 Å². The molecule has 0 aliphatic carbocycles. The fourth-order valence-electron chi connectivity index (χ4n) is 2.13. The Hall–Kier alpha value is -3.07. The number of anilines is 5. The van der Waals surface area contributed by atoms with Crippen molar-refractivity contribution in [2.75, 3.05) is 16.4 Å². The molecule has 0 radical (unpaired) electrons. The Kier molecular flexibility index (Phi) is 4.81. The van der Waals surface area contributed by atoms with Gasteiger partial charge in [0.1, 0.15) is 17.8 Å². The molecule has 0 unspecified atom stereocenters. The van der Waals surface area contributed by atoms with Crippen LogP contribution in [-0.4, -0.2) is 15.0 Å². The van der Waals surface area contributed by atoms with Crippen molar-refractivity contribution in [3.05, 3.63) is 59.5 Å². The molecule has 0 saturated carbocycles. The molecule has 0 atom stereocenters. The van der Waals surface area contributed by atoms with Crippen molar-refractivity contribution >= 4 is 40.4 Å². The molecule has 3 aromatic rings. The number of hydrogen-bond donors (Lipinski definition) is 3. The third-order valence-electron chi connectivity index (χ3n) is 3.34. The van der Waals surface area contributed by atoms with Gasteiger partial charge < -0.3 is 16.4 Å². The molecule has 3 rings (SSSR count). The largest absolute Gasteiger partial charge is 0.418 e. The second-order valence-corrected chi connectivity index (χ2v) is 5.58. The van der Waals surface area contributed by atoms with Crippen LogP contribution >= 0.6 is 11.6 Å². The van der Waals surface area contributed by atoms with Gasteiger partial charge in [-0.15, -0.1) is 0 Å². The van der Waals surface area contributed by atoms with Crippen molar-refractivity contribution < 1.29 is 13.2 Å². The lowest BCUT2D eigenvalue weighted by molar-refractivity contribution is -0.136. The molecule has 0 amide bonds. The molecule has 4 N–H and O–H groups in total. The first-order valence-electron chi connectivity index (χ1n) is 7.27. The Balaban J connectivity index is 1.90. The molecule has 2 heterocycles. The number of para-hydroxylation sites is 1. The Morgan fingerprint density at radius 3 is 2.27 bits per heavy atom. The zero-order chi connectivity index (χ0) is 18.7. The van der Waals surface area contributed by atoms with Gasteiger partial charge in [-0.1, -0.05) is 23.7 Å². The van der Waals surface area contributed by atoms with E-state index in [1.807, 2.05) is 0 Å². The van der Waals surface area contributed by atoms with Crippen molar-refractivity contribution in [2.24, 2.45) is 0 Å². The second-order valence-electron chi connectivity index (χ2n) is 5.14. The van der Waals surface area contributed by atoms with Crippen LogP contribution in [0, 0.1) is 0 Å². The molecule has 0 fully saturated rings. The summed E-state index contributed by atoms with van der Waals surface area (Å²) in [5, 5.41) is 5.92. The lowest BCUT2D eigenvalue weighted by atomic mass is 10.1. The SMILES string of the molecule is Nc1c(Nc2ccc(Cl)cn2)ncnc1Nc1ccccc1C(F)(F)F. The summed E-state index contributed by atoms with van der Waals surface area (Å²) in [5.41, 5.74) is 5.03. The Bertz CT molecular complexity index is 915. The average Bonchev–Trinajstić information content (AvgIpc) is 2.60. The second kappa shape index (κ2) is 7.04. The van der Waals surface area contributed by atoms with Crippen LogP contribution in [0.3, 0.4) is 0 Å². The van der Waals surface area contributed by atoms with Crippen LogP contribution < -0.4 is 16.4 Å². The highest BCUT2D eigenvalue weighted by Crippen LogP contribution is 2.37. The number of alkyl halides is 3. The minimum Gasteiger partial charge on any atom is -0.393 e. The third kappa shape index (κ3) is 3.94. The molecule has 2 aromatic heterocycles. The van der Waals surface area contributed by atoms with Crippen LogP contribution in [0.5, 0.6) is 0 Å². The fraction of sp³-hybridized carbons (Fsp3) is 0.0625. The van der Waals surface area contributed by atoms with E-state index >= 15 is 0 Å². The van der Waals surface area contributed by atoms with E-state index in [-0.39, 0.29) is 23.0 Å². The topological polar surface area (TPSA) is 88.8 Å². The van der Waals surface area contributed by atoms with Crippen LogP contribution in [-0.2, 0) is 6.18 Å². The van der Waals surface area contributed by atoms with E-state index in [2.05, 4.69) is 25.6 Å². The Morgan fingerprint density at radius 2 is 1.62 bits per heavy atom. The van der Waals surface area contributed by atoms with Gasteiger partial charge >= 0.3 is 6.18 Å². The highest BCUT2D eigenvalue weighted by atomic mass is 35.5. The van der Waals surface area contributed by atoms with Crippen molar-refractivity contribution in [1.82, 2.24) is 15.0 Å². The summed E-state index contributed by atoms with van der Waals surface area (Å²) in [5.74, 6) is 0.649. The van der Waals surface area contributed by atoms with E-state index in [1.54, 1.807) is 12.1 Å². The molecule has 1 aromatic carbocycles. The standard InChI is InChI=1S/C16H12ClF3N6/c17-9-5-6-12(22-7-9)26-15-13(21)14(23-8-24-15)25-11-4-2-1-3-10(11)16(18,19)20/h1-8H,21H2,(H2,22,23,24,25,26). The van der Waals surface area contributed by atoms with E-state index < -0.39 is 11.7 Å². The van der Waals surface area contributed by atoms with Crippen LogP contribution in [0.2, 0.25) is 5.02 Å². The van der Waals surface area contributed by atoms with Gasteiger partial charge in [0, 0.05) is 6.20 Å². The van der Waals surface area contributed by atoms with Gasteiger partial charge in [-0.3, -0.25) is 0 Å². The number of rotatable bonds is 4. The molecule has 0 bridgehead atoms. The maximum absolute atomic E-state index is 13.1. The molecule has 0 spiro atoms. The first kappa shape index (κ1) is 17.7. The summed E-state index contributed by atoms with van der Waals surface area (Å²) in [6.45, 7) is 0. The molecular weight excluding hydrogens is 369 g/mol. The van der Waals surface area contributed by atoms with Gasteiger partial charge in [-0.25, -0.2) is 15.0 Å². The van der Waals surface area contributed by atoms with Gasteiger partial charge in [0.2, 0.25) is 0 Å². The van der Waals surface area contributed by atoms with Crippen molar-refractivity contribution in [1.29, 1.82) is 0 Å². The summed E-state index contributed by atoms with van der Waals surface area (Å²) in [7, 11) is 0. The number of hydrogen-bond acceptors (Lipinski definition) is 6. The van der Waals surface area contributed by atoms with E-state index in [0.717, 1.165) is 6.07 Å². The number of nitrogens with one attached hydrogen (secondary N) is 2. The minimum atomic E-state index is -4.51. The van der Waals surface area contributed by atoms with Crippen molar-refractivity contribution in [2.45, 2.75) is 6.18 Å². The first-order valence-corrected chi connectivity index (χ1v) is 7.64. The van der Waals surface area contributed by atoms with E-state index in [0.29, 0.717) is 10.8 Å². The molecular formula is C16H12ClF3N6. The summed E-state index contributed by atoms with van der Waals surface area (Å²) >= 11 is 5.77. The van der Waals surface area contributed by atoms with Crippen LogP contribution in [0.15, 0.2) is 48.9 Å². The normalized spacial score (nSPS) is 11.2. The quantitative estimate of drug-likeness (QED) is 0.612. The lowest BCUT2D eigenvalue weighted by Gasteiger charge is -2.16. The number of nitrogens with zero attached hydrogens (tertiary/aromatic N) is 3. The lowest BCUT2D eigenvalue weighted by Crippen LogP contribution is -2.11. The van der Waals surface area contributed by atoms with Gasteiger partial charge in [0.15, 0.2) is 11.6 Å². The molecule has 26 heavy (non-hydrogen) atoms. The number of aromatic nitrogens is 3. The smallest absolute Gasteiger partial charge is 0.393 e. The van der Waals surface area contributed by atoms with Gasteiger partial charge in [0.05, 0.1) is 16.3 Å². The molecule has 10 heteroatoms. The van der Waals surface area contributed by atoms with E-state index in [1.165, 1.54) is 30.7 Å². The van der Waals surface area contributed by atoms with Gasteiger partial charge in [0.25, 0.3) is 0 Å². The maximum atomic E-state index is 13.1. The summed E-state index contributed by atoms with van der Waals surface area (Å²) in [6.07, 6.45) is -1.91. The van der Waals surface area contributed by atoms with Crippen molar-refractivity contribution in [3.63, 3.8) is 0 Å². The summed E-state index contributed by atoms with van der Waals surface area (Å²) in [6, 6.07) is 8.26. The molecule has 0 aliphatic rings. The van der Waals surface area contributed by atoms with Gasteiger partial charge in [-0.05, 0) is 24.3 Å². The van der Waals surface area contributed by atoms with Crippen LogP contribution in [0.25, 0.3) is 0 Å². The number of nitrogen functional groups attached to an aromatic ring is 1. The van der Waals surface area contributed by atoms with Crippen LogP contribution in [0.4, 0.5) is 42.0 Å². The number of pyridine rings is 1. The first-order chi connectivity index (χ1) is 12.3. The Morgan fingerprint density at radius 1 is 0.923 bits per heavy atom. The van der Waals surface area contributed by atoms with Crippen molar-refractivity contribution in [3.8, 4) is 0 Å². The minimum absolute atomic E-state index is 0.0353. The summed E-state index contributed by atoms with van der Waals surface area (Å²) < 4.78 is 39.3. The van der Waals surface area contributed by atoms with Gasteiger partial charge in [-0.2, -0.15) is 13.2 Å². The molecule has 0 aliphatic heterocycles. The summed E-state index contributed by atoms with van der Waals surface area (Å²) in [4.78, 5) is 12.0. The number of nitrogens with two attached hydrogens (primary N) is 1. The average molecular weight is 381 g/mol. The monoisotopic (exact) mass is 380 g/mol. The van der Waals surface area contributed by atoms with E-state index in [9.17, 15) is 13.2 Å². The maximum Gasteiger partial charge on any atom is 0.418 e. The fourth-order valence-corrected chi connectivity index (χ4v) is 2.24. The zero-order valence-electron chi connectivity index (χ0n) is 13.0. The molecule has 6 nitrogen and oxygen atoms in total. The highest BCUT2D eigenvalue weighted by Gasteiger charge is 2.33. The zero-order valence-corrected chi connectivity index (χ0v) is 13.8. The highest BCUT2D eigenvalue weighted by molar-refractivity contribution is 6.30. The molecule has 0 saturated heterocycles. The van der Waals surface area contributed by atoms with Crippen LogP contribution in [0.1, 0.15) is 5.56 Å². The number of benzene rings is 1. The third-order valence-corrected chi connectivity index (χ3v) is 3.57. The predicted octanol–water partition coefficient (Wildman–Crippen LogP) is 4.61. The predicted molar refractivity (Wildman–Crippen MR) is 93.7 cm³/mol. The molecule has 134 valence electrons. The number of halogens is 4.